The van der Waals surface area contributed by atoms with Crippen molar-refractivity contribution < 1.29 is 4.42 Å². The van der Waals surface area contributed by atoms with Crippen LogP contribution in [0, 0.1) is 0 Å². The van der Waals surface area contributed by atoms with E-state index in [4.69, 9.17) is 4.42 Å². The molecule has 240 valence electrons. The first-order valence-corrected chi connectivity index (χ1v) is 18.1. The molecule has 2 aliphatic rings. The zero-order chi connectivity index (χ0) is 34.0. The Balaban J connectivity index is 1.14. The smallest absolute Gasteiger partial charge is 0.143 e. The molecule has 0 fully saturated rings. The van der Waals surface area contributed by atoms with E-state index in [-0.39, 0.29) is 0 Å². The number of furan rings is 1. The number of hydrogen-bond acceptors (Lipinski definition) is 1. The standard InChI is InChI=1S/C51H30O/c1-2-10-31(11-3-1)35-22-24-40-42-26-20-33-18-19-34(36-23-25-41-43-27-21-32-12-4-5-13-37(32)50(43)52-48(41)30-36)28-44(33)49(42)51(47(40)29-35)45-16-8-6-14-38(45)39-15-7-9-17-46(39)51/h1-30H. The van der Waals surface area contributed by atoms with Crippen molar-refractivity contribution in [2.75, 3.05) is 0 Å². The van der Waals surface area contributed by atoms with Gasteiger partial charge in [-0.3, -0.25) is 0 Å². The van der Waals surface area contributed by atoms with E-state index in [0.717, 1.165) is 32.9 Å². The van der Waals surface area contributed by atoms with Crippen LogP contribution in [0.1, 0.15) is 22.3 Å². The molecule has 10 aromatic rings. The molecule has 1 spiro atoms. The zero-order valence-electron chi connectivity index (χ0n) is 28.2. The monoisotopic (exact) mass is 658 g/mol. The van der Waals surface area contributed by atoms with Gasteiger partial charge in [-0.15, -0.1) is 0 Å². The van der Waals surface area contributed by atoms with Gasteiger partial charge in [0, 0.05) is 16.2 Å². The van der Waals surface area contributed by atoms with E-state index >= 15 is 0 Å². The lowest BCUT2D eigenvalue weighted by molar-refractivity contribution is 0.673. The fourth-order valence-electron chi connectivity index (χ4n) is 9.64. The fourth-order valence-corrected chi connectivity index (χ4v) is 9.64. The Morgan fingerprint density at radius 1 is 0.327 bits per heavy atom. The van der Waals surface area contributed by atoms with Gasteiger partial charge in [0.05, 0.1) is 5.41 Å². The molecule has 1 heterocycles. The second kappa shape index (κ2) is 10.2. The van der Waals surface area contributed by atoms with Gasteiger partial charge in [0.1, 0.15) is 11.2 Å². The normalized spacial score (nSPS) is 13.5. The van der Waals surface area contributed by atoms with Gasteiger partial charge in [0.15, 0.2) is 0 Å². The largest absolute Gasteiger partial charge is 0.455 e. The molecule has 12 rings (SSSR count). The molecule has 0 saturated heterocycles. The van der Waals surface area contributed by atoms with Crippen LogP contribution in [0.3, 0.4) is 0 Å². The lowest BCUT2D eigenvalue weighted by Gasteiger charge is -2.32. The predicted octanol–water partition coefficient (Wildman–Crippen LogP) is 13.6. The summed E-state index contributed by atoms with van der Waals surface area (Å²) < 4.78 is 6.63. The van der Waals surface area contributed by atoms with Gasteiger partial charge in [-0.2, -0.15) is 0 Å². The minimum Gasteiger partial charge on any atom is -0.455 e. The Labute approximate surface area is 301 Å². The van der Waals surface area contributed by atoms with Gasteiger partial charge in [-0.1, -0.05) is 152 Å². The van der Waals surface area contributed by atoms with E-state index in [1.165, 1.54) is 77.4 Å². The van der Waals surface area contributed by atoms with E-state index in [1.54, 1.807) is 0 Å². The number of hydrogen-bond donors (Lipinski definition) is 0. The summed E-state index contributed by atoms with van der Waals surface area (Å²) in [7, 11) is 0. The van der Waals surface area contributed by atoms with Crippen molar-refractivity contribution in [1.29, 1.82) is 0 Å². The fraction of sp³-hybridized carbons (Fsp3) is 0.0196. The van der Waals surface area contributed by atoms with Gasteiger partial charge >= 0.3 is 0 Å². The van der Waals surface area contributed by atoms with Gasteiger partial charge in [-0.05, 0) is 113 Å². The Hall–Kier alpha value is -6.70. The summed E-state index contributed by atoms with van der Waals surface area (Å²) >= 11 is 0. The highest BCUT2D eigenvalue weighted by Gasteiger charge is 2.52. The average Bonchev–Trinajstić information content (AvgIpc) is 3.84. The van der Waals surface area contributed by atoms with Gasteiger partial charge in [0.25, 0.3) is 0 Å². The van der Waals surface area contributed by atoms with E-state index in [9.17, 15) is 0 Å². The molecule has 0 aliphatic heterocycles. The van der Waals surface area contributed by atoms with Crippen molar-refractivity contribution in [1.82, 2.24) is 0 Å². The molecule has 1 heteroatoms. The Morgan fingerprint density at radius 3 is 1.75 bits per heavy atom. The second-order valence-electron chi connectivity index (χ2n) is 14.4. The molecule has 0 bridgehead atoms. The van der Waals surface area contributed by atoms with Crippen molar-refractivity contribution >= 4 is 43.5 Å². The molecule has 0 N–H and O–H groups in total. The first kappa shape index (κ1) is 28.0. The Kier molecular flexibility index (Phi) is 5.49. The first-order chi connectivity index (χ1) is 25.8. The van der Waals surface area contributed by atoms with Crippen LogP contribution in [0.4, 0.5) is 0 Å². The highest BCUT2D eigenvalue weighted by Crippen LogP contribution is 2.64. The maximum absolute atomic E-state index is 6.63. The van der Waals surface area contributed by atoms with E-state index in [2.05, 4.69) is 182 Å². The maximum Gasteiger partial charge on any atom is 0.143 e. The Bertz CT molecular complexity index is 3080. The average molecular weight is 659 g/mol. The number of benzene rings is 9. The molecule has 9 aromatic carbocycles. The lowest BCUT2D eigenvalue weighted by Crippen LogP contribution is -2.26. The summed E-state index contributed by atoms with van der Waals surface area (Å²) in [6, 6.07) is 67.3. The molecule has 1 nitrogen and oxygen atoms in total. The molecule has 0 unspecified atom stereocenters. The van der Waals surface area contributed by atoms with Crippen molar-refractivity contribution in [2.24, 2.45) is 0 Å². The topological polar surface area (TPSA) is 13.1 Å². The minimum atomic E-state index is -0.454. The van der Waals surface area contributed by atoms with Crippen LogP contribution in [0.2, 0.25) is 0 Å². The van der Waals surface area contributed by atoms with Crippen LogP contribution in [-0.2, 0) is 5.41 Å². The van der Waals surface area contributed by atoms with Crippen molar-refractivity contribution in [3.05, 3.63) is 204 Å². The number of fused-ring (bicyclic) bond motifs is 17. The van der Waals surface area contributed by atoms with Crippen LogP contribution in [0.15, 0.2) is 186 Å². The van der Waals surface area contributed by atoms with E-state index in [1.807, 2.05) is 0 Å². The van der Waals surface area contributed by atoms with Gasteiger partial charge in [-0.25, -0.2) is 0 Å². The Morgan fingerprint density at radius 2 is 0.904 bits per heavy atom. The maximum atomic E-state index is 6.63. The minimum absolute atomic E-state index is 0.454. The molecule has 1 aromatic heterocycles. The van der Waals surface area contributed by atoms with Crippen LogP contribution in [0.25, 0.3) is 88.0 Å². The van der Waals surface area contributed by atoms with Gasteiger partial charge < -0.3 is 4.42 Å². The van der Waals surface area contributed by atoms with E-state index < -0.39 is 5.41 Å². The third-order valence-corrected chi connectivity index (χ3v) is 11.9. The molecule has 52 heavy (non-hydrogen) atoms. The third-order valence-electron chi connectivity index (χ3n) is 11.9. The second-order valence-corrected chi connectivity index (χ2v) is 14.4. The van der Waals surface area contributed by atoms with Crippen molar-refractivity contribution in [2.45, 2.75) is 5.41 Å². The van der Waals surface area contributed by atoms with Crippen LogP contribution >= 0.6 is 0 Å². The van der Waals surface area contributed by atoms with Crippen LogP contribution in [0.5, 0.6) is 0 Å². The molecule has 0 atom stereocenters. The summed E-state index contributed by atoms with van der Waals surface area (Å²) in [5.41, 5.74) is 16.9. The summed E-state index contributed by atoms with van der Waals surface area (Å²) in [6.07, 6.45) is 0. The highest BCUT2D eigenvalue weighted by atomic mass is 16.3. The zero-order valence-corrected chi connectivity index (χ0v) is 28.2. The summed E-state index contributed by atoms with van der Waals surface area (Å²) in [5, 5.41) is 7.18. The van der Waals surface area contributed by atoms with E-state index in [0.29, 0.717) is 0 Å². The summed E-state index contributed by atoms with van der Waals surface area (Å²) in [6.45, 7) is 0. The SMILES string of the molecule is c1ccc(-c2ccc3c(c2)C2(c4ccccc4-c4ccccc42)c2c-3ccc3ccc(-c4ccc5c(c4)oc4c6ccccc6ccc54)cc23)cc1. The molecule has 0 radical (unpaired) electrons. The van der Waals surface area contributed by atoms with Gasteiger partial charge in [0.2, 0.25) is 0 Å². The summed E-state index contributed by atoms with van der Waals surface area (Å²) in [5.74, 6) is 0. The highest BCUT2D eigenvalue weighted by molar-refractivity contribution is 6.15. The molecule has 2 aliphatic carbocycles. The first-order valence-electron chi connectivity index (χ1n) is 18.1. The number of rotatable bonds is 2. The summed E-state index contributed by atoms with van der Waals surface area (Å²) in [4.78, 5) is 0. The van der Waals surface area contributed by atoms with Crippen LogP contribution in [-0.4, -0.2) is 0 Å². The molecular formula is C51H30O. The van der Waals surface area contributed by atoms with Crippen molar-refractivity contribution in [3.63, 3.8) is 0 Å². The van der Waals surface area contributed by atoms with Crippen LogP contribution < -0.4 is 0 Å². The third kappa shape index (κ3) is 3.57. The molecular weight excluding hydrogens is 629 g/mol. The predicted molar refractivity (Wildman–Crippen MR) is 216 cm³/mol. The molecule has 0 amide bonds. The van der Waals surface area contributed by atoms with Crippen molar-refractivity contribution in [3.8, 4) is 44.5 Å². The molecule has 0 saturated carbocycles. The quantitative estimate of drug-likeness (QED) is 0.180. The lowest BCUT2D eigenvalue weighted by atomic mass is 9.69.